The average molecular weight is 699 g/mol. The highest BCUT2D eigenvalue weighted by Gasteiger charge is 2.39. The molecule has 4 aromatic carbocycles. The van der Waals surface area contributed by atoms with Crippen molar-refractivity contribution in [1.82, 2.24) is 4.90 Å². The van der Waals surface area contributed by atoms with Gasteiger partial charge in [0.25, 0.3) is 5.91 Å². The standard InChI is InChI=1S/C41H41F3N2O5/c1-50-40(49)37(31-11-5-6-12-31)51-39(48)36(30-9-3-2-4-10-30)46-25-23-28(24-26-46)27-17-21-33(22-18-27)45-38(47)35-14-8-7-13-34(35)29-15-19-32(20-16-29)41(42,43)44/h2-4,7-10,13-22,28,31,36-37H,5-6,11-12,23-26H2,1H3,(H,45,47). The fourth-order valence-corrected chi connectivity index (χ4v) is 7.33. The van der Waals surface area contributed by atoms with Crippen LogP contribution in [0.4, 0.5) is 18.9 Å². The smallest absolute Gasteiger partial charge is 0.416 e. The van der Waals surface area contributed by atoms with Crippen LogP contribution >= 0.6 is 0 Å². The highest BCUT2D eigenvalue weighted by molar-refractivity contribution is 6.08. The van der Waals surface area contributed by atoms with Crippen molar-refractivity contribution in [3.05, 3.63) is 125 Å². The molecule has 6 rings (SSSR count). The van der Waals surface area contributed by atoms with E-state index in [1.165, 1.54) is 19.2 Å². The predicted molar refractivity (Wildman–Crippen MR) is 188 cm³/mol. The number of ether oxygens (including phenoxy) is 2. The van der Waals surface area contributed by atoms with E-state index in [4.69, 9.17) is 9.47 Å². The van der Waals surface area contributed by atoms with Crippen LogP contribution in [-0.4, -0.2) is 49.0 Å². The fourth-order valence-electron chi connectivity index (χ4n) is 7.33. The van der Waals surface area contributed by atoms with Crippen molar-refractivity contribution in [3.63, 3.8) is 0 Å². The number of carbonyl (C=O) groups is 3. The third-order valence-electron chi connectivity index (χ3n) is 10.1. The van der Waals surface area contributed by atoms with Gasteiger partial charge in [0.05, 0.1) is 12.7 Å². The van der Waals surface area contributed by atoms with Gasteiger partial charge >= 0.3 is 18.1 Å². The van der Waals surface area contributed by atoms with Crippen molar-refractivity contribution in [2.24, 2.45) is 5.92 Å². The summed E-state index contributed by atoms with van der Waals surface area (Å²) in [5.41, 5.74) is 3.17. The summed E-state index contributed by atoms with van der Waals surface area (Å²) in [7, 11) is 1.32. The van der Waals surface area contributed by atoms with Gasteiger partial charge in [-0.3, -0.25) is 9.69 Å². The van der Waals surface area contributed by atoms with E-state index in [1.807, 2.05) is 54.6 Å². The number of alkyl halides is 3. The molecule has 2 unspecified atom stereocenters. The van der Waals surface area contributed by atoms with Gasteiger partial charge in [-0.15, -0.1) is 0 Å². The Balaban J connectivity index is 1.10. The normalized spacial score (nSPS) is 17.0. The molecule has 4 aromatic rings. The van der Waals surface area contributed by atoms with E-state index in [1.54, 1.807) is 24.3 Å². The Kier molecular flexibility index (Phi) is 11.2. The highest BCUT2D eigenvalue weighted by atomic mass is 19.4. The van der Waals surface area contributed by atoms with E-state index < -0.39 is 35.8 Å². The van der Waals surface area contributed by atoms with Crippen molar-refractivity contribution < 1.29 is 37.0 Å². The molecule has 1 saturated carbocycles. The zero-order valence-electron chi connectivity index (χ0n) is 28.4. The minimum absolute atomic E-state index is 0.0370. The van der Waals surface area contributed by atoms with Gasteiger partial charge in [-0.1, -0.05) is 85.6 Å². The first-order valence-electron chi connectivity index (χ1n) is 17.4. The number of hydrogen-bond acceptors (Lipinski definition) is 6. The molecule has 7 nitrogen and oxygen atoms in total. The van der Waals surface area contributed by atoms with Crippen LogP contribution < -0.4 is 5.32 Å². The van der Waals surface area contributed by atoms with Crippen LogP contribution in [-0.2, 0) is 25.2 Å². The van der Waals surface area contributed by atoms with E-state index in [0.717, 1.165) is 61.8 Å². The number of rotatable bonds is 10. The van der Waals surface area contributed by atoms with Gasteiger partial charge in [0, 0.05) is 17.2 Å². The van der Waals surface area contributed by atoms with E-state index in [9.17, 15) is 27.6 Å². The topological polar surface area (TPSA) is 84.9 Å². The number of anilines is 1. The zero-order chi connectivity index (χ0) is 36.0. The van der Waals surface area contributed by atoms with E-state index in [2.05, 4.69) is 10.2 Å². The maximum Gasteiger partial charge on any atom is 0.416 e. The molecule has 10 heteroatoms. The van der Waals surface area contributed by atoms with Crippen molar-refractivity contribution in [3.8, 4) is 11.1 Å². The zero-order valence-corrected chi connectivity index (χ0v) is 28.4. The molecular formula is C41H41F3N2O5. The molecule has 1 heterocycles. The second kappa shape index (κ2) is 15.9. The molecule has 0 bridgehead atoms. The Morgan fingerprint density at radius 2 is 1.39 bits per heavy atom. The van der Waals surface area contributed by atoms with Gasteiger partial charge in [-0.2, -0.15) is 13.2 Å². The predicted octanol–water partition coefficient (Wildman–Crippen LogP) is 8.82. The third-order valence-corrected chi connectivity index (χ3v) is 10.1. The minimum Gasteiger partial charge on any atom is -0.466 e. The van der Waals surface area contributed by atoms with Crippen LogP contribution in [0.25, 0.3) is 11.1 Å². The summed E-state index contributed by atoms with van der Waals surface area (Å²) < 4.78 is 50.2. The summed E-state index contributed by atoms with van der Waals surface area (Å²) in [5.74, 6) is -1.12. The summed E-state index contributed by atoms with van der Waals surface area (Å²) in [6, 6.07) is 28.1. The van der Waals surface area contributed by atoms with Crippen LogP contribution in [0.1, 0.15) is 77.5 Å². The summed E-state index contributed by atoms with van der Waals surface area (Å²) in [6.45, 7) is 1.29. The lowest BCUT2D eigenvalue weighted by Crippen LogP contribution is -2.43. The quantitative estimate of drug-likeness (QED) is 0.167. The molecule has 2 aliphatic rings. The molecule has 0 spiro atoms. The van der Waals surface area contributed by atoms with Gasteiger partial charge in [-0.05, 0) is 97.3 Å². The number of esters is 2. The van der Waals surface area contributed by atoms with Crippen molar-refractivity contribution in [2.45, 2.75) is 62.8 Å². The Morgan fingerprint density at radius 3 is 2.02 bits per heavy atom. The maximum atomic E-state index is 13.8. The summed E-state index contributed by atoms with van der Waals surface area (Å²) in [5, 5.41) is 2.92. The second-order valence-electron chi connectivity index (χ2n) is 13.2. The lowest BCUT2D eigenvalue weighted by atomic mass is 9.88. The van der Waals surface area contributed by atoms with Gasteiger partial charge in [-0.25, -0.2) is 9.59 Å². The molecule has 1 saturated heterocycles. The first-order chi connectivity index (χ1) is 24.6. The molecule has 1 aliphatic heterocycles. The van der Waals surface area contributed by atoms with Crippen molar-refractivity contribution >= 4 is 23.5 Å². The van der Waals surface area contributed by atoms with Crippen LogP contribution in [0.15, 0.2) is 103 Å². The van der Waals surface area contributed by atoms with Crippen molar-refractivity contribution in [1.29, 1.82) is 0 Å². The van der Waals surface area contributed by atoms with Crippen LogP contribution in [0.3, 0.4) is 0 Å². The van der Waals surface area contributed by atoms with Gasteiger partial charge in [0.15, 0.2) is 0 Å². The first-order valence-corrected chi connectivity index (χ1v) is 17.4. The molecule has 1 N–H and O–H groups in total. The van der Waals surface area contributed by atoms with Crippen LogP contribution in [0.2, 0.25) is 0 Å². The number of piperidine rings is 1. The summed E-state index contributed by atoms with van der Waals surface area (Å²) >= 11 is 0. The second-order valence-corrected chi connectivity index (χ2v) is 13.2. The molecule has 0 radical (unpaired) electrons. The molecule has 0 aromatic heterocycles. The number of nitrogens with zero attached hydrogens (tertiary/aromatic N) is 1. The molecule has 2 fully saturated rings. The van der Waals surface area contributed by atoms with Gasteiger partial charge in [0.2, 0.25) is 6.10 Å². The monoisotopic (exact) mass is 698 g/mol. The summed E-state index contributed by atoms with van der Waals surface area (Å²) in [6.07, 6.45) is -0.108. The Bertz CT molecular complexity index is 1800. The van der Waals surface area contributed by atoms with E-state index in [-0.39, 0.29) is 17.7 Å². The largest absolute Gasteiger partial charge is 0.466 e. The molecule has 1 aliphatic carbocycles. The van der Waals surface area contributed by atoms with Crippen LogP contribution in [0, 0.1) is 5.92 Å². The number of likely N-dealkylation sites (tertiary alicyclic amines) is 1. The molecule has 51 heavy (non-hydrogen) atoms. The van der Waals surface area contributed by atoms with E-state index in [0.29, 0.717) is 35.5 Å². The number of amides is 1. The van der Waals surface area contributed by atoms with Gasteiger partial charge in [0.1, 0.15) is 6.04 Å². The van der Waals surface area contributed by atoms with Crippen molar-refractivity contribution in [2.75, 3.05) is 25.5 Å². The Labute approximate surface area is 295 Å². The number of carbonyl (C=O) groups excluding carboxylic acids is 3. The molecule has 266 valence electrons. The Hall–Kier alpha value is -4.96. The first kappa shape index (κ1) is 35.9. The number of benzene rings is 4. The van der Waals surface area contributed by atoms with Gasteiger partial charge < -0.3 is 14.8 Å². The van der Waals surface area contributed by atoms with Crippen LogP contribution in [0.5, 0.6) is 0 Å². The molecule has 1 amide bonds. The lowest BCUT2D eigenvalue weighted by Gasteiger charge is -2.37. The molecular weight excluding hydrogens is 657 g/mol. The molecule has 2 atom stereocenters. The number of halogens is 3. The Morgan fingerprint density at radius 1 is 0.765 bits per heavy atom. The third kappa shape index (κ3) is 8.51. The summed E-state index contributed by atoms with van der Waals surface area (Å²) in [4.78, 5) is 41.9. The SMILES string of the molecule is COC(=O)C(OC(=O)C(c1ccccc1)N1CCC(c2ccc(NC(=O)c3ccccc3-c3ccc(C(F)(F)F)cc3)cc2)CC1)C1CCCC1. The number of methoxy groups -OCH3 is 1. The van der Waals surface area contributed by atoms with E-state index >= 15 is 0 Å². The maximum absolute atomic E-state index is 13.8. The number of nitrogens with one attached hydrogen (secondary N) is 1. The highest BCUT2D eigenvalue weighted by Crippen LogP contribution is 2.36. The fraction of sp³-hybridized carbons (Fsp3) is 0.341. The lowest BCUT2D eigenvalue weighted by molar-refractivity contribution is -0.174. The minimum atomic E-state index is -4.44. The number of hydrogen-bond donors (Lipinski definition) is 1. The average Bonchev–Trinajstić information content (AvgIpc) is 3.69.